The fourth-order valence-electron chi connectivity index (χ4n) is 12.1. The van der Waals surface area contributed by atoms with Gasteiger partial charge in [0.2, 0.25) is 0 Å². The van der Waals surface area contributed by atoms with Crippen LogP contribution in [0, 0.1) is 37.5 Å². The smallest absolute Gasteiger partial charge is 0.0215 e. The van der Waals surface area contributed by atoms with E-state index in [0.29, 0.717) is 23.7 Å². The molecule has 0 atom stereocenters. The number of aryl methyl sites for hydroxylation is 2. The van der Waals surface area contributed by atoms with Crippen molar-refractivity contribution in [2.75, 3.05) is 0 Å². The molecule has 9 rings (SSSR count). The van der Waals surface area contributed by atoms with Crippen LogP contribution in [0.2, 0.25) is 0 Å². The fraction of sp³-hybridized carbons (Fsp3) is 0.429. The lowest BCUT2D eigenvalue weighted by Crippen LogP contribution is -2.27. The van der Waals surface area contributed by atoms with E-state index >= 15 is 0 Å². The Labute approximate surface area is 382 Å². The minimum Gasteiger partial charge on any atom is -0.0628 e. The molecule has 0 bridgehead atoms. The van der Waals surface area contributed by atoms with Crippen LogP contribution in [-0.2, 0) is 16.2 Å². The molecular weight excluding hydrogens is 757 g/mol. The minimum atomic E-state index is -0.123. The molecule has 0 fully saturated rings. The van der Waals surface area contributed by atoms with Crippen LogP contribution in [0.4, 0.5) is 0 Å². The average molecular weight is 831 g/mol. The number of fused-ring (bicyclic) bond motifs is 9. The molecule has 0 aliphatic heterocycles. The van der Waals surface area contributed by atoms with Crippen molar-refractivity contribution in [2.45, 2.75) is 151 Å². The maximum atomic E-state index is 2.61. The first kappa shape index (κ1) is 43.6. The van der Waals surface area contributed by atoms with Crippen molar-refractivity contribution in [3.63, 3.8) is 0 Å². The Morgan fingerprint density at radius 3 is 0.841 bits per heavy atom. The maximum Gasteiger partial charge on any atom is 0.0215 e. The summed E-state index contributed by atoms with van der Waals surface area (Å²) < 4.78 is 0. The van der Waals surface area contributed by atoms with Crippen molar-refractivity contribution >= 4 is 0 Å². The highest BCUT2D eigenvalue weighted by molar-refractivity contribution is 5.89. The lowest BCUT2D eigenvalue weighted by Gasteiger charge is -2.34. The quantitative estimate of drug-likeness (QED) is 0.103. The van der Waals surface area contributed by atoms with Gasteiger partial charge in [-0.05, 0) is 202 Å². The van der Waals surface area contributed by atoms with Crippen LogP contribution < -0.4 is 0 Å². The summed E-state index contributed by atoms with van der Waals surface area (Å²) >= 11 is 0. The van der Waals surface area contributed by atoms with Gasteiger partial charge in [0.05, 0.1) is 0 Å². The number of rotatable bonds is 14. The van der Waals surface area contributed by atoms with Crippen molar-refractivity contribution in [1.82, 2.24) is 0 Å². The average Bonchev–Trinajstić information content (AvgIpc) is 3.77. The predicted molar refractivity (Wildman–Crippen MR) is 273 cm³/mol. The molecule has 0 heteroatoms. The molecule has 0 amide bonds. The van der Waals surface area contributed by atoms with E-state index in [2.05, 4.69) is 192 Å². The van der Waals surface area contributed by atoms with Gasteiger partial charge in [0.1, 0.15) is 0 Å². The summed E-state index contributed by atoms with van der Waals surface area (Å²) in [6.07, 6.45) is 9.74. The van der Waals surface area contributed by atoms with Gasteiger partial charge >= 0.3 is 0 Å². The first-order valence-electron chi connectivity index (χ1n) is 24.8. The van der Waals surface area contributed by atoms with Gasteiger partial charge in [-0.3, -0.25) is 0 Å². The van der Waals surface area contributed by atoms with E-state index < -0.39 is 0 Å². The Balaban J connectivity index is 1.10. The third-order valence-corrected chi connectivity index (χ3v) is 16.0. The molecule has 0 unspecified atom stereocenters. The van der Waals surface area contributed by atoms with Crippen molar-refractivity contribution in [3.05, 3.63) is 154 Å². The molecule has 0 aromatic heterocycles. The molecule has 0 heterocycles. The Hall–Kier alpha value is -4.68. The minimum absolute atomic E-state index is 0.0473. The first-order chi connectivity index (χ1) is 30.0. The molecule has 0 nitrogen and oxygen atoms in total. The predicted octanol–water partition coefficient (Wildman–Crippen LogP) is 18.2. The molecule has 6 aromatic carbocycles. The van der Waals surface area contributed by atoms with E-state index in [9.17, 15) is 0 Å². The second kappa shape index (κ2) is 16.4. The Morgan fingerprint density at radius 2 is 0.556 bits per heavy atom. The van der Waals surface area contributed by atoms with Crippen LogP contribution in [0.3, 0.4) is 0 Å². The Bertz CT molecular complexity index is 2480. The molecule has 6 aromatic rings. The molecular formula is C63H74. The maximum absolute atomic E-state index is 2.61. The number of benzene rings is 6. The monoisotopic (exact) mass is 831 g/mol. The molecule has 326 valence electrons. The molecule has 0 spiro atoms. The van der Waals surface area contributed by atoms with E-state index in [4.69, 9.17) is 0 Å². The van der Waals surface area contributed by atoms with Crippen LogP contribution in [0.1, 0.15) is 165 Å². The summed E-state index contributed by atoms with van der Waals surface area (Å²) in [7, 11) is 0. The second-order valence-corrected chi connectivity index (χ2v) is 22.7. The summed E-state index contributed by atoms with van der Waals surface area (Å²) in [6, 6.07) is 44.2. The first-order valence-corrected chi connectivity index (χ1v) is 24.8. The third kappa shape index (κ3) is 7.46. The highest BCUT2D eigenvalue weighted by Crippen LogP contribution is 2.58. The van der Waals surface area contributed by atoms with Crippen LogP contribution in [0.5, 0.6) is 0 Å². The zero-order valence-electron chi connectivity index (χ0n) is 40.9. The van der Waals surface area contributed by atoms with E-state index in [1.807, 2.05) is 0 Å². The largest absolute Gasteiger partial charge is 0.0628 e. The van der Waals surface area contributed by atoms with Crippen molar-refractivity contribution < 1.29 is 0 Å². The molecule has 0 radical (unpaired) electrons. The lowest BCUT2D eigenvalue weighted by molar-refractivity contribution is 0.364. The Morgan fingerprint density at radius 1 is 0.317 bits per heavy atom. The van der Waals surface area contributed by atoms with Crippen LogP contribution in [0.15, 0.2) is 109 Å². The third-order valence-electron chi connectivity index (χ3n) is 16.0. The summed E-state index contributed by atoms with van der Waals surface area (Å²) in [5.41, 5.74) is 25.8. The zero-order valence-corrected chi connectivity index (χ0v) is 40.9. The van der Waals surface area contributed by atoms with Crippen molar-refractivity contribution in [3.8, 4) is 55.6 Å². The van der Waals surface area contributed by atoms with Crippen LogP contribution >= 0.6 is 0 Å². The second-order valence-electron chi connectivity index (χ2n) is 22.7. The van der Waals surface area contributed by atoms with E-state index in [1.54, 1.807) is 22.3 Å². The summed E-state index contributed by atoms with van der Waals surface area (Å²) in [4.78, 5) is 0. The van der Waals surface area contributed by atoms with Crippen LogP contribution in [0.25, 0.3) is 55.6 Å². The molecule has 63 heavy (non-hydrogen) atoms. The molecule has 3 aliphatic rings. The Kier molecular flexibility index (Phi) is 11.3. The van der Waals surface area contributed by atoms with Gasteiger partial charge in [-0.1, -0.05) is 165 Å². The highest BCUT2D eigenvalue weighted by Gasteiger charge is 2.45. The molecule has 0 saturated heterocycles. The van der Waals surface area contributed by atoms with Gasteiger partial charge in [0.15, 0.2) is 0 Å². The van der Waals surface area contributed by atoms with Crippen LogP contribution in [-0.4, -0.2) is 0 Å². The van der Waals surface area contributed by atoms with Gasteiger partial charge in [-0.2, -0.15) is 0 Å². The summed E-state index contributed by atoms with van der Waals surface area (Å²) in [5, 5.41) is 0. The fourth-order valence-corrected chi connectivity index (χ4v) is 12.1. The van der Waals surface area contributed by atoms with Gasteiger partial charge in [0.25, 0.3) is 0 Å². The normalized spacial score (nSPS) is 15.8. The topological polar surface area (TPSA) is 0 Å². The van der Waals surface area contributed by atoms with Gasteiger partial charge in [-0.15, -0.1) is 0 Å². The summed E-state index contributed by atoms with van der Waals surface area (Å²) in [5.74, 6) is 2.68. The summed E-state index contributed by atoms with van der Waals surface area (Å²) in [6.45, 7) is 28.6. The van der Waals surface area contributed by atoms with Crippen molar-refractivity contribution in [1.29, 1.82) is 0 Å². The number of hydrogen-bond donors (Lipinski definition) is 0. The number of hydrogen-bond acceptors (Lipinski definition) is 0. The SMILES string of the molecule is Cc1ccc2c(c1)C(CCC(C)C)(CCC(C)C)c1cc(-c3ccc4c(c3)C(C)(C)c3cc(-c5ccc6c(c5)C(CCC(C)C)(CCC(C)C)c5cc(C)ccc5-6)ccc3-4)ccc1-2. The highest BCUT2D eigenvalue weighted by atomic mass is 14.5. The molecule has 3 aliphatic carbocycles. The van der Waals surface area contributed by atoms with E-state index in [-0.39, 0.29) is 16.2 Å². The lowest BCUT2D eigenvalue weighted by atomic mass is 9.69. The van der Waals surface area contributed by atoms with Gasteiger partial charge < -0.3 is 0 Å². The molecule has 0 N–H and O–H groups in total. The van der Waals surface area contributed by atoms with E-state index in [0.717, 1.165) is 0 Å². The van der Waals surface area contributed by atoms with Gasteiger partial charge in [0, 0.05) is 16.2 Å². The molecule has 0 saturated carbocycles. The standard InChI is InChI=1S/C63H74/c1-39(2)25-29-62(30-26-40(3)4)57-33-43(9)13-19-51(57)53-23-17-47(37-59(53)62)45-15-21-49-50-22-16-46(36-56(50)61(11,12)55(49)35-45)48-18-24-54-52-20-14-44(10)34-58(52)63(60(54)38-48,31-27-41(5)6)32-28-42(7)8/h13-24,33-42H,25-32H2,1-12H3. The zero-order chi connectivity index (χ0) is 44.6. The van der Waals surface area contributed by atoms with Crippen molar-refractivity contribution in [2.24, 2.45) is 23.7 Å². The van der Waals surface area contributed by atoms with Gasteiger partial charge in [-0.25, -0.2) is 0 Å². The van der Waals surface area contributed by atoms with E-state index in [1.165, 1.54) is 129 Å².